The summed E-state index contributed by atoms with van der Waals surface area (Å²) in [6.07, 6.45) is 4.57. The Morgan fingerprint density at radius 3 is 2.71 bits per heavy atom. The molecule has 0 aliphatic rings. The van der Waals surface area contributed by atoms with Crippen molar-refractivity contribution >= 4 is 12.0 Å². The topological polar surface area (TPSA) is 48.4 Å². The van der Waals surface area contributed by atoms with E-state index in [0.717, 1.165) is 5.56 Å². The molecule has 74 valence electrons. The third kappa shape index (κ3) is 2.90. The summed E-state index contributed by atoms with van der Waals surface area (Å²) in [5.41, 5.74) is 0.816. The largest absolute Gasteiger partial charge is 0.481 e. The first-order valence-corrected chi connectivity index (χ1v) is 4.02. The van der Waals surface area contributed by atoms with Crippen molar-refractivity contribution in [2.75, 3.05) is 14.2 Å². The van der Waals surface area contributed by atoms with E-state index in [1.165, 1.54) is 13.2 Å². The first-order valence-electron chi connectivity index (χ1n) is 4.02. The molecule has 0 bridgehead atoms. The number of carbonyl (C=O) groups is 1. The van der Waals surface area contributed by atoms with Gasteiger partial charge < -0.3 is 9.47 Å². The highest BCUT2D eigenvalue weighted by Gasteiger charge is 1.93. The third-order valence-electron chi connectivity index (χ3n) is 1.58. The predicted octanol–water partition coefficient (Wildman–Crippen LogP) is 1.28. The minimum absolute atomic E-state index is 0.388. The lowest BCUT2D eigenvalue weighted by Crippen LogP contribution is -1.93. The summed E-state index contributed by atoms with van der Waals surface area (Å²) < 4.78 is 9.34. The van der Waals surface area contributed by atoms with Crippen molar-refractivity contribution in [3.8, 4) is 5.88 Å². The second-order valence-electron chi connectivity index (χ2n) is 2.49. The molecule has 1 aromatic heterocycles. The second-order valence-corrected chi connectivity index (χ2v) is 2.49. The standard InChI is InChI=1S/C10H11NO3/c1-13-9-5-3-8(7-11-9)4-6-10(12)14-2/h3-7H,1-2H3. The molecule has 0 aliphatic carbocycles. The van der Waals surface area contributed by atoms with Crippen LogP contribution in [-0.4, -0.2) is 25.2 Å². The zero-order valence-electron chi connectivity index (χ0n) is 8.06. The Bertz CT molecular complexity index is 330. The molecule has 1 aromatic rings. The summed E-state index contributed by atoms with van der Waals surface area (Å²) in [5.74, 6) is 0.154. The number of hydrogen-bond acceptors (Lipinski definition) is 4. The monoisotopic (exact) mass is 193 g/mol. The normalized spacial score (nSPS) is 10.1. The van der Waals surface area contributed by atoms with Crippen LogP contribution < -0.4 is 4.74 Å². The molecule has 0 fully saturated rings. The number of ether oxygens (including phenoxy) is 2. The molecule has 0 aliphatic heterocycles. The first kappa shape index (κ1) is 10.2. The van der Waals surface area contributed by atoms with Crippen LogP contribution >= 0.6 is 0 Å². The van der Waals surface area contributed by atoms with Gasteiger partial charge in [0.2, 0.25) is 5.88 Å². The van der Waals surface area contributed by atoms with Crippen molar-refractivity contribution in [1.82, 2.24) is 4.98 Å². The number of nitrogens with zero attached hydrogens (tertiary/aromatic N) is 1. The first-order chi connectivity index (χ1) is 6.76. The molecular formula is C10H11NO3. The molecular weight excluding hydrogens is 182 g/mol. The maximum Gasteiger partial charge on any atom is 0.330 e. The van der Waals surface area contributed by atoms with Gasteiger partial charge in [-0.1, -0.05) is 0 Å². The van der Waals surface area contributed by atoms with Crippen LogP contribution in [-0.2, 0) is 9.53 Å². The summed E-state index contributed by atoms with van der Waals surface area (Å²) in [6.45, 7) is 0. The Hall–Kier alpha value is -1.84. The van der Waals surface area contributed by atoms with Crippen LogP contribution in [0, 0.1) is 0 Å². The highest BCUT2D eigenvalue weighted by Crippen LogP contribution is 2.07. The Kier molecular flexibility index (Phi) is 3.67. The number of aromatic nitrogens is 1. The van der Waals surface area contributed by atoms with Crippen molar-refractivity contribution < 1.29 is 14.3 Å². The number of methoxy groups -OCH3 is 2. The van der Waals surface area contributed by atoms with Crippen LogP contribution in [0.3, 0.4) is 0 Å². The molecule has 14 heavy (non-hydrogen) atoms. The average Bonchev–Trinajstić information content (AvgIpc) is 2.26. The van der Waals surface area contributed by atoms with E-state index in [4.69, 9.17) is 4.74 Å². The van der Waals surface area contributed by atoms with E-state index < -0.39 is 0 Å². The van der Waals surface area contributed by atoms with Gasteiger partial charge in [-0.25, -0.2) is 9.78 Å². The van der Waals surface area contributed by atoms with Crippen LogP contribution in [0.15, 0.2) is 24.4 Å². The third-order valence-corrected chi connectivity index (χ3v) is 1.58. The molecule has 0 spiro atoms. The Balaban J connectivity index is 2.68. The van der Waals surface area contributed by atoms with Gasteiger partial charge in [0, 0.05) is 18.3 Å². The van der Waals surface area contributed by atoms with Crippen LogP contribution in [0.5, 0.6) is 5.88 Å². The van der Waals surface area contributed by atoms with Crippen molar-refractivity contribution in [3.05, 3.63) is 30.0 Å². The van der Waals surface area contributed by atoms with Crippen LogP contribution in [0.2, 0.25) is 0 Å². The molecule has 4 heteroatoms. The number of carbonyl (C=O) groups excluding carboxylic acids is 1. The second kappa shape index (κ2) is 5.01. The molecule has 0 amide bonds. The molecule has 1 rings (SSSR count). The number of rotatable bonds is 3. The summed E-state index contributed by atoms with van der Waals surface area (Å²) in [7, 11) is 2.88. The van der Waals surface area contributed by atoms with Gasteiger partial charge in [0.1, 0.15) is 0 Å². The molecule has 0 radical (unpaired) electrons. The fraction of sp³-hybridized carbons (Fsp3) is 0.200. The minimum atomic E-state index is -0.388. The lowest BCUT2D eigenvalue weighted by atomic mass is 10.2. The Morgan fingerprint density at radius 2 is 2.21 bits per heavy atom. The summed E-state index contributed by atoms with van der Waals surface area (Å²) in [4.78, 5) is 14.7. The van der Waals surface area contributed by atoms with E-state index in [2.05, 4.69) is 9.72 Å². The zero-order valence-corrected chi connectivity index (χ0v) is 8.06. The Labute approximate surface area is 82.2 Å². The molecule has 0 unspecified atom stereocenters. The molecule has 4 nitrogen and oxygen atoms in total. The maximum absolute atomic E-state index is 10.8. The average molecular weight is 193 g/mol. The molecule has 0 atom stereocenters. The van der Waals surface area contributed by atoms with Gasteiger partial charge in [-0.15, -0.1) is 0 Å². The zero-order chi connectivity index (χ0) is 10.4. The van der Waals surface area contributed by atoms with Crippen molar-refractivity contribution in [2.24, 2.45) is 0 Å². The number of esters is 1. The van der Waals surface area contributed by atoms with Crippen LogP contribution in [0.25, 0.3) is 6.08 Å². The fourth-order valence-electron chi connectivity index (χ4n) is 0.843. The van der Waals surface area contributed by atoms with Gasteiger partial charge in [0.25, 0.3) is 0 Å². The molecule has 0 saturated carbocycles. The van der Waals surface area contributed by atoms with Gasteiger partial charge in [-0.05, 0) is 17.7 Å². The van der Waals surface area contributed by atoms with Crippen molar-refractivity contribution in [2.45, 2.75) is 0 Å². The number of pyridine rings is 1. The van der Waals surface area contributed by atoms with E-state index in [1.54, 1.807) is 31.5 Å². The lowest BCUT2D eigenvalue weighted by molar-refractivity contribution is -0.134. The summed E-state index contributed by atoms with van der Waals surface area (Å²) in [5, 5.41) is 0. The fourth-order valence-corrected chi connectivity index (χ4v) is 0.843. The van der Waals surface area contributed by atoms with Crippen molar-refractivity contribution in [1.29, 1.82) is 0 Å². The number of hydrogen-bond donors (Lipinski definition) is 0. The van der Waals surface area contributed by atoms with Gasteiger partial charge in [-0.3, -0.25) is 0 Å². The lowest BCUT2D eigenvalue weighted by Gasteiger charge is -1.97. The highest BCUT2D eigenvalue weighted by atomic mass is 16.5. The van der Waals surface area contributed by atoms with Gasteiger partial charge in [0.05, 0.1) is 14.2 Å². The SMILES string of the molecule is COC(=O)C=Cc1ccc(OC)nc1. The Morgan fingerprint density at radius 1 is 1.43 bits per heavy atom. The molecule has 0 saturated heterocycles. The maximum atomic E-state index is 10.8. The van der Waals surface area contributed by atoms with Gasteiger partial charge in [0.15, 0.2) is 0 Å². The van der Waals surface area contributed by atoms with E-state index in [1.807, 2.05) is 0 Å². The van der Waals surface area contributed by atoms with Crippen LogP contribution in [0.1, 0.15) is 5.56 Å². The van der Waals surface area contributed by atoms with Crippen molar-refractivity contribution in [3.63, 3.8) is 0 Å². The minimum Gasteiger partial charge on any atom is -0.481 e. The van der Waals surface area contributed by atoms with E-state index >= 15 is 0 Å². The van der Waals surface area contributed by atoms with Gasteiger partial charge >= 0.3 is 5.97 Å². The van der Waals surface area contributed by atoms with E-state index in [9.17, 15) is 4.79 Å². The van der Waals surface area contributed by atoms with E-state index in [0.29, 0.717) is 5.88 Å². The highest BCUT2D eigenvalue weighted by molar-refractivity contribution is 5.86. The quantitative estimate of drug-likeness (QED) is 0.536. The van der Waals surface area contributed by atoms with E-state index in [-0.39, 0.29) is 5.97 Å². The molecule has 1 heterocycles. The van der Waals surface area contributed by atoms with Gasteiger partial charge in [-0.2, -0.15) is 0 Å². The molecule has 0 N–H and O–H groups in total. The summed E-state index contributed by atoms with van der Waals surface area (Å²) >= 11 is 0. The smallest absolute Gasteiger partial charge is 0.330 e. The van der Waals surface area contributed by atoms with Crippen LogP contribution in [0.4, 0.5) is 0 Å². The predicted molar refractivity (Wildman–Crippen MR) is 51.8 cm³/mol. The molecule has 0 aromatic carbocycles. The summed E-state index contributed by atoms with van der Waals surface area (Å²) in [6, 6.07) is 3.52.